The lowest BCUT2D eigenvalue weighted by molar-refractivity contribution is -0.133. The van der Waals surface area contributed by atoms with E-state index >= 15 is 0 Å². The maximum absolute atomic E-state index is 12.8. The number of urea groups is 1. The molecule has 2 heterocycles. The van der Waals surface area contributed by atoms with Crippen molar-refractivity contribution in [2.75, 3.05) is 11.9 Å². The Kier molecular flexibility index (Phi) is 4.08. The molecule has 7 heteroatoms. The van der Waals surface area contributed by atoms with Crippen molar-refractivity contribution in [2.24, 2.45) is 0 Å². The molecule has 7 nitrogen and oxygen atoms in total. The fourth-order valence-electron chi connectivity index (χ4n) is 3.02. The van der Waals surface area contributed by atoms with E-state index < -0.39 is 23.4 Å². The van der Waals surface area contributed by atoms with Crippen molar-refractivity contribution >= 4 is 23.5 Å². The lowest BCUT2D eigenvalue weighted by Crippen LogP contribution is -2.42. The molecule has 3 rings (SSSR count). The molecule has 130 valence electrons. The monoisotopic (exact) mass is 341 g/mol. The van der Waals surface area contributed by atoms with Crippen molar-refractivity contribution in [3.63, 3.8) is 0 Å². The van der Waals surface area contributed by atoms with Gasteiger partial charge in [0.05, 0.1) is 0 Å². The number of para-hydroxylation sites is 1. The molecule has 0 unspecified atom stereocenters. The fourth-order valence-corrected chi connectivity index (χ4v) is 3.02. The van der Waals surface area contributed by atoms with E-state index in [4.69, 9.17) is 4.42 Å². The van der Waals surface area contributed by atoms with Crippen molar-refractivity contribution in [1.82, 2.24) is 10.2 Å². The quantitative estimate of drug-likeness (QED) is 0.835. The number of furan rings is 1. The van der Waals surface area contributed by atoms with Gasteiger partial charge in [0.1, 0.15) is 23.6 Å². The molecule has 2 aromatic rings. The molecule has 1 atom stereocenters. The smallest absolute Gasteiger partial charge is 0.325 e. The molecule has 1 fully saturated rings. The summed E-state index contributed by atoms with van der Waals surface area (Å²) in [5, 5.41) is 5.33. The molecule has 4 amide bonds. The van der Waals surface area contributed by atoms with Crippen LogP contribution in [0.25, 0.3) is 0 Å². The van der Waals surface area contributed by atoms with Gasteiger partial charge >= 0.3 is 6.03 Å². The normalized spacial score (nSPS) is 19.9. The van der Waals surface area contributed by atoms with Gasteiger partial charge in [-0.05, 0) is 39.0 Å². The third kappa shape index (κ3) is 3.00. The number of aryl methyl sites for hydroxylation is 2. The third-order valence-corrected chi connectivity index (χ3v) is 4.21. The second kappa shape index (κ2) is 6.08. The molecule has 1 aliphatic rings. The number of amides is 4. The predicted molar refractivity (Wildman–Crippen MR) is 90.9 cm³/mol. The Hall–Kier alpha value is -3.09. The molecule has 2 N–H and O–H groups in total. The first-order chi connectivity index (χ1) is 11.8. The van der Waals surface area contributed by atoms with Crippen LogP contribution in [0, 0.1) is 13.8 Å². The van der Waals surface area contributed by atoms with Crippen LogP contribution in [0.15, 0.2) is 40.8 Å². The van der Waals surface area contributed by atoms with E-state index in [1.54, 1.807) is 51.1 Å². The Balaban J connectivity index is 1.77. The van der Waals surface area contributed by atoms with E-state index in [1.165, 1.54) is 0 Å². The Labute approximate surface area is 145 Å². The van der Waals surface area contributed by atoms with E-state index in [-0.39, 0.29) is 6.54 Å². The first-order valence-electron chi connectivity index (χ1n) is 7.88. The zero-order valence-corrected chi connectivity index (χ0v) is 14.3. The summed E-state index contributed by atoms with van der Waals surface area (Å²) in [5.74, 6) is 0.281. The molecule has 1 saturated heterocycles. The van der Waals surface area contributed by atoms with Gasteiger partial charge in [0.2, 0.25) is 5.91 Å². The van der Waals surface area contributed by atoms with E-state index in [9.17, 15) is 14.4 Å². The van der Waals surface area contributed by atoms with Crippen molar-refractivity contribution in [2.45, 2.75) is 26.3 Å². The van der Waals surface area contributed by atoms with Crippen LogP contribution in [-0.4, -0.2) is 29.3 Å². The van der Waals surface area contributed by atoms with Crippen LogP contribution in [0.3, 0.4) is 0 Å². The SMILES string of the molecule is Cc1cc([C@]2(C)NC(=O)N(CC(=O)Nc3ccccc3)C2=O)c(C)o1. The highest BCUT2D eigenvalue weighted by atomic mass is 16.3. The molecule has 25 heavy (non-hydrogen) atoms. The van der Waals surface area contributed by atoms with E-state index in [2.05, 4.69) is 10.6 Å². The average molecular weight is 341 g/mol. The van der Waals surface area contributed by atoms with Gasteiger partial charge in [0, 0.05) is 11.3 Å². The number of hydrogen-bond donors (Lipinski definition) is 2. The van der Waals surface area contributed by atoms with Crippen LogP contribution in [-0.2, 0) is 15.1 Å². The van der Waals surface area contributed by atoms with Gasteiger partial charge in [-0.2, -0.15) is 0 Å². The van der Waals surface area contributed by atoms with E-state index in [1.807, 2.05) is 6.07 Å². The summed E-state index contributed by atoms with van der Waals surface area (Å²) in [7, 11) is 0. The Bertz CT molecular complexity index is 843. The van der Waals surface area contributed by atoms with E-state index in [0.717, 1.165) is 4.90 Å². The molecule has 0 radical (unpaired) electrons. The average Bonchev–Trinajstić information content (AvgIpc) is 3.00. The summed E-state index contributed by atoms with van der Waals surface area (Å²) >= 11 is 0. The van der Waals surface area contributed by atoms with Crippen molar-refractivity contribution in [3.8, 4) is 0 Å². The Morgan fingerprint density at radius 1 is 1.24 bits per heavy atom. The largest absolute Gasteiger partial charge is 0.466 e. The van der Waals surface area contributed by atoms with Gasteiger partial charge in [0.15, 0.2) is 0 Å². The van der Waals surface area contributed by atoms with Crippen LogP contribution in [0.1, 0.15) is 24.0 Å². The van der Waals surface area contributed by atoms with Gasteiger partial charge in [-0.3, -0.25) is 14.5 Å². The number of carbonyl (C=O) groups excluding carboxylic acids is 3. The number of nitrogens with one attached hydrogen (secondary N) is 2. The maximum Gasteiger partial charge on any atom is 0.325 e. The molecular formula is C18H19N3O4. The first kappa shape index (κ1) is 16.8. The van der Waals surface area contributed by atoms with Gasteiger partial charge < -0.3 is 15.1 Å². The summed E-state index contributed by atoms with van der Waals surface area (Å²) in [5.41, 5.74) is -0.0516. The standard InChI is InChI=1S/C18H19N3O4/c1-11-9-14(12(2)25-11)18(3)16(23)21(17(24)20-18)10-15(22)19-13-7-5-4-6-8-13/h4-9H,10H2,1-3H3,(H,19,22)(H,20,24)/t18-/m0/s1. The minimum Gasteiger partial charge on any atom is -0.466 e. The predicted octanol–water partition coefficient (Wildman–Crippen LogP) is 2.30. The zero-order valence-electron chi connectivity index (χ0n) is 14.3. The number of rotatable bonds is 4. The Morgan fingerprint density at radius 2 is 1.92 bits per heavy atom. The van der Waals surface area contributed by atoms with Gasteiger partial charge in [0.25, 0.3) is 5.91 Å². The van der Waals surface area contributed by atoms with Gasteiger partial charge in [-0.25, -0.2) is 4.79 Å². The van der Waals surface area contributed by atoms with Crippen LogP contribution in [0.4, 0.5) is 10.5 Å². The number of anilines is 1. The summed E-state index contributed by atoms with van der Waals surface area (Å²) in [4.78, 5) is 38.2. The highest BCUT2D eigenvalue weighted by Crippen LogP contribution is 2.32. The highest BCUT2D eigenvalue weighted by molar-refractivity contribution is 6.10. The minimum absolute atomic E-state index is 0.356. The molecule has 0 saturated carbocycles. The van der Waals surface area contributed by atoms with Crippen molar-refractivity contribution in [1.29, 1.82) is 0 Å². The number of hydrogen-bond acceptors (Lipinski definition) is 4. The number of carbonyl (C=O) groups is 3. The highest BCUT2D eigenvalue weighted by Gasteiger charge is 2.51. The summed E-state index contributed by atoms with van der Waals surface area (Å²) in [6.07, 6.45) is 0. The van der Waals surface area contributed by atoms with Crippen molar-refractivity contribution < 1.29 is 18.8 Å². The second-order valence-electron chi connectivity index (χ2n) is 6.19. The molecule has 1 aromatic heterocycles. The third-order valence-electron chi connectivity index (χ3n) is 4.21. The maximum atomic E-state index is 12.8. The van der Waals surface area contributed by atoms with Crippen LogP contribution in [0.2, 0.25) is 0 Å². The molecule has 1 aliphatic heterocycles. The molecule has 1 aromatic carbocycles. The zero-order chi connectivity index (χ0) is 18.2. The molecule has 0 aliphatic carbocycles. The summed E-state index contributed by atoms with van der Waals surface area (Å²) < 4.78 is 5.47. The lowest BCUT2D eigenvalue weighted by Gasteiger charge is -2.21. The van der Waals surface area contributed by atoms with Crippen LogP contribution < -0.4 is 10.6 Å². The fraction of sp³-hybridized carbons (Fsp3) is 0.278. The summed E-state index contributed by atoms with van der Waals surface area (Å²) in [6, 6.07) is 9.97. The van der Waals surface area contributed by atoms with Gasteiger partial charge in [-0.15, -0.1) is 0 Å². The van der Waals surface area contributed by atoms with Crippen molar-refractivity contribution in [3.05, 3.63) is 53.5 Å². The van der Waals surface area contributed by atoms with E-state index in [0.29, 0.717) is 22.8 Å². The minimum atomic E-state index is -1.24. The second-order valence-corrected chi connectivity index (χ2v) is 6.19. The molecular weight excluding hydrogens is 322 g/mol. The topological polar surface area (TPSA) is 91.7 Å². The first-order valence-corrected chi connectivity index (χ1v) is 7.88. The lowest BCUT2D eigenvalue weighted by atomic mass is 9.92. The molecule has 0 bridgehead atoms. The number of imide groups is 1. The molecule has 0 spiro atoms. The van der Waals surface area contributed by atoms with Crippen LogP contribution in [0.5, 0.6) is 0 Å². The summed E-state index contributed by atoms with van der Waals surface area (Å²) in [6.45, 7) is 4.76. The number of nitrogens with zero attached hydrogens (tertiary/aromatic N) is 1. The van der Waals surface area contributed by atoms with Gasteiger partial charge in [-0.1, -0.05) is 18.2 Å². The van der Waals surface area contributed by atoms with Crippen LogP contribution >= 0.6 is 0 Å². The Morgan fingerprint density at radius 3 is 2.52 bits per heavy atom. The number of benzene rings is 1.